The molecule has 0 saturated carbocycles. The number of aliphatic imine (C=N–C) groups is 1. The first-order valence-corrected chi connectivity index (χ1v) is 10.7. The summed E-state index contributed by atoms with van der Waals surface area (Å²) in [6.45, 7) is -0.855. The van der Waals surface area contributed by atoms with Gasteiger partial charge in [0.2, 0.25) is 0 Å². The molecule has 0 atom stereocenters. The third kappa shape index (κ3) is 6.01. The summed E-state index contributed by atoms with van der Waals surface area (Å²) in [5.41, 5.74) is 0.980. The number of hydrogen-bond acceptors (Lipinski definition) is 8. The number of rotatable bonds is 8. The molecule has 0 aliphatic carbocycles. The molecule has 1 amide bonds. The maximum absolute atomic E-state index is 13.2. The van der Waals surface area contributed by atoms with Gasteiger partial charge >= 0.3 is 12.6 Å². The Hall–Kier alpha value is -3.60. The Kier molecular flexibility index (Phi) is 7.88. The monoisotopic (exact) mass is 478 g/mol. The van der Waals surface area contributed by atoms with E-state index in [1.165, 1.54) is 48.4 Å². The van der Waals surface area contributed by atoms with E-state index in [1.54, 1.807) is 19.1 Å². The molecule has 0 bridgehead atoms. The van der Waals surface area contributed by atoms with Crippen LogP contribution in [0.1, 0.15) is 12.5 Å². The molecular formula is C22H20F2N2O6S. The Bertz CT molecular complexity index is 1090. The zero-order valence-corrected chi connectivity index (χ0v) is 18.5. The standard InChI is InChI=1S/C22H20F2N2O6S/c1-3-31-18-11-13(4-9-17(18)27)10-16-20(29)26(22(25-16)33-12-19(28)30-2)14-5-7-15(8-6-14)32-21(23)24/h4-11,21,27H,3,12H2,1-2H3. The SMILES string of the molecule is CCOc1cc(C=C2N=C(SCC(=O)OC)N(c3ccc(OC(F)F)cc3)C2=O)ccc1O. The molecule has 11 heteroatoms. The second-order valence-corrected chi connectivity index (χ2v) is 7.40. The Morgan fingerprint density at radius 3 is 2.61 bits per heavy atom. The van der Waals surface area contributed by atoms with Gasteiger partial charge in [-0.25, -0.2) is 4.99 Å². The number of ether oxygens (including phenoxy) is 3. The van der Waals surface area contributed by atoms with Crippen molar-refractivity contribution in [3.05, 3.63) is 53.7 Å². The van der Waals surface area contributed by atoms with Gasteiger partial charge in [0, 0.05) is 0 Å². The number of hydrogen-bond donors (Lipinski definition) is 1. The molecule has 8 nitrogen and oxygen atoms in total. The summed E-state index contributed by atoms with van der Waals surface area (Å²) in [7, 11) is 1.25. The number of phenols is 1. The molecule has 1 aliphatic rings. The van der Waals surface area contributed by atoms with E-state index >= 15 is 0 Å². The zero-order chi connectivity index (χ0) is 24.0. The second-order valence-electron chi connectivity index (χ2n) is 6.46. The van der Waals surface area contributed by atoms with E-state index in [-0.39, 0.29) is 33.9 Å². The van der Waals surface area contributed by atoms with E-state index in [1.807, 2.05) is 0 Å². The Morgan fingerprint density at radius 1 is 1.24 bits per heavy atom. The van der Waals surface area contributed by atoms with Crippen LogP contribution in [0, 0.1) is 0 Å². The predicted molar refractivity (Wildman–Crippen MR) is 120 cm³/mol. The van der Waals surface area contributed by atoms with Gasteiger partial charge in [-0.2, -0.15) is 8.78 Å². The minimum absolute atomic E-state index is 0.0395. The fourth-order valence-corrected chi connectivity index (χ4v) is 3.67. The van der Waals surface area contributed by atoms with Crippen LogP contribution in [0.5, 0.6) is 17.2 Å². The van der Waals surface area contributed by atoms with Crippen molar-refractivity contribution in [3.63, 3.8) is 0 Å². The predicted octanol–water partition coefficient (Wildman–Crippen LogP) is 4.04. The van der Waals surface area contributed by atoms with Gasteiger partial charge in [0.25, 0.3) is 5.91 Å². The quantitative estimate of drug-likeness (QED) is 0.452. The number of nitrogens with zero attached hydrogens (tertiary/aromatic N) is 2. The second kappa shape index (κ2) is 10.8. The van der Waals surface area contributed by atoms with Crippen LogP contribution < -0.4 is 14.4 Å². The van der Waals surface area contributed by atoms with Crippen molar-refractivity contribution in [2.45, 2.75) is 13.5 Å². The molecule has 2 aromatic rings. The average molecular weight is 478 g/mol. The van der Waals surface area contributed by atoms with Crippen LogP contribution in [0.25, 0.3) is 6.08 Å². The van der Waals surface area contributed by atoms with Gasteiger partial charge < -0.3 is 19.3 Å². The zero-order valence-electron chi connectivity index (χ0n) is 17.7. The maximum Gasteiger partial charge on any atom is 0.387 e. The first-order valence-electron chi connectivity index (χ1n) is 9.67. The molecule has 0 saturated heterocycles. The summed E-state index contributed by atoms with van der Waals surface area (Å²) >= 11 is 0.990. The Labute approximate surface area is 192 Å². The van der Waals surface area contributed by atoms with Crippen LogP contribution in [0.3, 0.4) is 0 Å². The molecule has 1 N–H and O–H groups in total. The van der Waals surface area contributed by atoms with Crippen molar-refractivity contribution in [1.29, 1.82) is 0 Å². The van der Waals surface area contributed by atoms with Crippen LogP contribution in [0.4, 0.5) is 14.5 Å². The molecule has 0 aromatic heterocycles. The minimum atomic E-state index is -2.97. The maximum atomic E-state index is 13.2. The van der Waals surface area contributed by atoms with E-state index in [0.29, 0.717) is 17.9 Å². The number of thioether (sulfide) groups is 1. The fourth-order valence-electron chi connectivity index (χ4n) is 2.83. The van der Waals surface area contributed by atoms with Crippen LogP contribution >= 0.6 is 11.8 Å². The summed E-state index contributed by atoms with van der Waals surface area (Å²) in [4.78, 5) is 30.4. The third-order valence-electron chi connectivity index (χ3n) is 4.28. The molecule has 0 radical (unpaired) electrons. The van der Waals surface area contributed by atoms with E-state index in [0.717, 1.165) is 11.8 Å². The summed E-state index contributed by atoms with van der Waals surface area (Å²) in [5, 5.41) is 10.1. The van der Waals surface area contributed by atoms with Gasteiger partial charge in [-0.3, -0.25) is 14.5 Å². The highest BCUT2D eigenvalue weighted by Gasteiger charge is 2.32. The van der Waals surface area contributed by atoms with Gasteiger partial charge in [0.15, 0.2) is 16.7 Å². The molecule has 0 spiro atoms. The highest BCUT2D eigenvalue weighted by Crippen LogP contribution is 2.32. The number of anilines is 1. The smallest absolute Gasteiger partial charge is 0.387 e. The van der Waals surface area contributed by atoms with Crippen molar-refractivity contribution >= 4 is 40.6 Å². The largest absolute Gasteiger partial charge is 0.504 e. The number of carbonyl (C=O) groups excluding carboxylic acids is 2. The first kappa shape index (κ1) is 24.1. The molecule has 1 heterocycles. The van der Waals surface area contributed by atoms with Crippen molar-refractivity contribution < 1.29 is 37.7 Å². The Morgan fingerprint density at radius 2 is 1.97 bits per heavy atom. The number of carbonyl (C=O) groups is 2. The van der Waals surface area contributed by atoms with E-state index in [9.17, 15) is 23.5 Å². The van der Waals surface area contributed by atoms with Crippen LogP contribution in [0.15, 0.2) is 53.2 Å². The summed E-state index contributed by atoms with van der Waals surface area (Å²) in [6.07, 6.45) is 1.51. The van der Waals surface area contributed by atoms with Gasteiger partial charge in [0.1, 0.15) is 11.4 Å². The van der Waals surface area contributed by atoms with Gasteiger partial charge in [0.05, 0.1) is 25.2 Å². The van der Waals surface area contributed by atoms with Crippen molar-refractivity contribution in [2.24, 2.45) is 4.99 Å². The number of benzene rings is 2. The number of amides is 1. The van der Waals surface area contributed by atoms with Crippen molar-refractivity contribution in [2.75, 3.05) is 24.4 Å². The highest BCUT2D eigenvalue weighted by atomic mass is 32.2. The number of methoxy groups -OCH3 is 1. The van der Waals surface area contributed by atoms with Crippen molar-refractivity contribution in [3.8, 4) is 17.2 Å². The average Bonchev–Trinajstić information content (AvgIpc) is 3.09. The summed E-state index contributed by atoms with van der Waals surface area (Å²) < 4.78 is 39.2. The highest BCUT2D eigenvalue weighted by molar-refractivity contribution is 8.14. The normalized spacial score (nSPS) is 14.6. The number of esters is 1. The number of amidine groups is 1. The molecular weight excluding hydrogens is 458 g/mol. The summed E-state index contributed by atoms with van der Waals surface area (Å²) in [5.74, 6) is -0.934. The van der Waals surface area contributed by atoms with Gasteiger partial charge in [-0.05, 0) is 55.0 Å². The molecule has 33 heavy (non-hydrogen) atoms. The Balaban J connectivity index is 1.93. The molecule has 0 fully saturated rings. The van der Waals surface area contributed by atoms with Gasteiger partial charge in [-0.1, -0.05) is 17.8 Å². The molecule has 0 unspecified atom stereocenters. The summed E-state index contributed by atoms with van der Waals surface area (Å²) in [6, 6.07) is 10.1. The van der Waals surface area contributed by atoms with Crippen LogP contribution in [0.2, 0.25) is 0 Å². The lowest BCUT2D eigenvalue weighted by Gasteiger charge is -2.18. The molecule has 3 rings (SSSR count). The lowest BCUT2D eigenvalue weighted by Crippen LogP contribution is -2.30. The fraction of sp³-hybridized carbons (Fsp3) is 0.227. The molecule has 174 valence electrons. The van der Waals surface area contributed by atoms with Crippen molar-refractivity contribution in [1.82, 2.24) is 0 Å². The number of aromatic hydroxyl groups is 1. The number of phenolic OH excluding ortho intramolecular Hbond substituents is 1. The lowest BCUT2D eigenvalue weighted by molar-refractivity contribution is -0.137. The first-order chi connectivity index (χ1) is 15.8. The van der Waals surface area contributed by atoms with E-state index in [2.05, 4.69) is 14.5 Å². The van der Waals surface area contributed by atoms with E-state index in [4.69, 9.17) is 4.74 Å². The van der Waals surface area contributed by atoms with Crippen LogP contribution in [-0.4, -0.2) is 48.2 Å². The van der Waals surface area contributed by atoms with E-state index < -0.39 is 18.5 Å². The minimum Gasteiger partial charge on any atom is -0.504 e. The third-order valence-corrected chi connectivity index (χ3v) is 5.20. The lowest BCUT2D eigenvalue weighted by atomic mass is 10.1. The number of halogens is 2. The molecule has 1 aliphatic heterocycles. The topological polar surface area (TPSA) is 97.7 Å². The van der Waals surface area contributed by atoms with Crippen LogP contribution in [-0.2, 0) is 14.3 Å². The number of alkyl halides is 2. The van der Waals surface area contributed by atoms with Gasteiger partial charge in [-0.15, -0.1) is 0 Å². The molecule has 2 aromatic carbocycles.